The van der Waals surface area contributed by atoms with Crippen LogP contribution in [0, 0.1) is 0 Å². The summed E-state index contributed by atoms with van der Waals surface area (Å²) >= 11 is 0. The quantitative estimate of drug-likeness (QED) is 0.545. The van der Waals surface area contributed by atoms with Gasteiger partial charge in [0, 0.05) is 24.2 Å². The summed E-state index contributed by atoms with van der Waals surface area (Å²) in [5.41, 5.74) is 1.54. The highest BCUT2D eigenvalue weighted by Crippen LogP contribution is 2.23. The molecule has 0 radical (unpaired) electrons. The summed E-state index contributed by atoms with van der Waals surface area (Å²) in [5.74, 6) is -0.902. The van der Waals surface area contributed by atoms with E-state index in [9.17, 15) is 14.4 Å². The van der Waals surface area contributed by atoms with Crippen molar-refractivity contribution in [1.29, 1.82) is 0 Å². The number of amides is 1. The standard InChI is InChI=1S/C18H22N2O5/c1-3-4-15(22)12-5-7-13(8-6-12)19-16-14(18(24)25-2)11-20(9-10-21)17(16)23/h5-8,19,21H,3-4,9-11H2,1-2H3. The Labute approximate surface area is 146 Å². The van der Waals surface area contributed by atoms with Gasteiger partial charge < -0.3 is 20.1 Å². The molecule has 1 aromatic rings. The van der Waals surface area contributed by atoms with E-state index in [2.05, 4.69) is 5.32 Å². The Balaban J connectivity index is 2.21. The van der Waals surface area contributed by atoms with E-state index in [-0.39, 0.29) is 42.7 Å². The van der Waals surface area contributed by atoms with Crippen molar-refractivity contribution in [2.45, 2.75) is 19.8 Å². The zero-order chi connectivity index (χ0) is 18.4. The van der Waals surface area contributed by atoms with Gasteiger partial charge in [0.25, 0.3) is 5.91 Å². The molecule has 1 heterocycles. The largest absolute Gasteiger partial charge is 0.466 e. The molecule has 0 spiro atoms. The van der Waals surface area contributed by atoms with E-state index in [0.29, 0.717) is 17.7 Å². The number of carbonyl (C=O) groups is 3. The first-order chi connectivity index (χ1) is 12.0. The minimum Gasteiger partial charge on any atom is -0.466 e. The summed E-state index contributed by atoms with van der Waals surface area (Å²) in [6, 6.07) is 6.74. The Bertz CT molecular complexity index is 694. The normalized spacial score (nSPS) is 14.0. The molecule has 2 N–H and O–H groups in total. The van der Waals surface area contributed by atoms with Crippen LogP contribution in [0.1, 0.15) is 30.1 Å². The molecule has 1 aromatic carbocycles. The van der Waals surface area contributed by atoms with Crippen LogP contribution in [-0.2, 0) is 14.3 Å². The number of aliphatic hydroxyl groups is 1. The smallest absolute Gasteiger partial charge is 0.337 e. The van der Waals surface area contributed by atoms with Crippen LogP contribution in [0.15, 0.2) is 35.5 Å². The van der Waals surface area contributed by atoms with Crippen LogP contribution in [0.4, 0.5) is 5.69 Å². The van der Waals surface area contributed by atoms with Gasteiger partial charge in [-0.1, -0.05) is 6.92 Å². The third-order valence-electron chi connectivity index (χ3n) is 3.91. The number of hydrogen-bond acceptors (Lipinski definition) is 6. The van der Waals surface area contributed by atoms with Crippen LogP contribution < -0.4 is 5.32 Å². The first-order valence-electron chi connectivity index (χ1n) is 8.13. The third kappa shape index (κ3) is 4.24. The number of anilines is 1. The molecule has 0 saturated carbocycles. The number of β-amino-alcohol motifs (C(OH)–C–C–N with tert-alkyl or cyclic N) is 1. The number of carbonyl (C=O) groups excluding carboxylic acids is 3. The minimum atomic E-state index is -0.592. The molecule has 1 aliphatic rings. The van der Waals surface area contributed by atoms with Gasteiger partial charge in [0.05, 0.1) is 25.8 Å². The Hall–Kier alpha value is -2.67. The predicted octanol–water partition coefficient (Wildman–Crippen LogP) is 1.34. The van der Waals surface area contributed by atoms with E-state index >= 15 is 0 Å². The number of ether oxygens (including phenoxy) is 1. The monoisotopic (exact) mass is 346 g/mol. The average Bonchev–Trinajstić information content (AvgIpc) is 2.92. The second-order valence-electron chi connectivity index (χ2n) is 5.67. The Morgan fingerprint density at radius 3 is 2.52 bits per heavy atom. The van der Waals surface area contributed by atoms with Gasteiger partial charge in [0.2, 0.25) is 0 Å². The van der Waals surface area contributed by atoms with Gasteiger partial charge in [-0.05, 0) is 30.7 Å². The summed E-state index contributed by atoms with van der Waals surface area (Å²) in [5, 5.41) is 12.0. The second kappa shape index (κ2) is 8.43. The number of nitrogens with one attached hydrogen (secondary N) is 1. The summed E-state index contributed by atoms with van der Waals surface area (Å²) < 4.78 is 4.73. The molecule has 134 valence electrons. The summed E-state index contributed by atoms with van der Waals surface area (Å²) in [6.07, 6.45) is 1.27. The van der Waals surface area contributed by atoms with Crippen molar-refractivity contribution in [2.24, 2.45) is 0 Å². The maximum Gasteiger partial charge on any atom is 0.337 e. The zero-order valence-electron chi connectivity index (χ0n) is 14.4. The number of hydrogen-bond donors (Lipinski definition) is 2. The van der Waals surface area contributed by atoms with Crippen LogP contribution >= 0.6 is 0 Å². The number of aliphatic hydroxyl groups excluding tert-OH is 1. The van der Waals surface area contributed by atoms with E-state index in [1.165, 1.54) is 12.0 Å². The maximum atomic E-state index is 12.4. The van der Waals surface area contributed by atoms with Gasteiger partial charge in [-0.2, -0.15) is 0 Å². The first kappa shape index (κ1) is 18.7. The molecule has 1 amide bonds. The number of Topliss-reactive ketones (excluding diaryl/α,β-unsaturated/α-hetero) is 1. The Morgan fingerprint density at radius 1 is 1.28 bits per heavy atom. The summed E-state index contributed by atoms with van der Waals surface area (Å²) in [4.78, 5) is 37.6. The molecular weight excluding hydrogens is 324 g/mol. The molecule has 1 aliphatic heterocycles. The number of esters is 1. The number of rotatable bonds is 8. The van der Waals surface area contributed by atoms with E-state index in [1.807, 2.05) is 6.92 Å². The van der Waals surface area contributed by atoms with Gasteiger partial charge in [-0.15, -0.1) is 0 Å². The molecule has 0 atom stereocenters. The lowest BCUT2D eigenvalue weighted by Crippen LogP contribution is -2.31. The van der Waals surface area contributed by atoms with E-state index in [1.54, 1.807) is 24.3 Å². The predicted molar refractivity (Wildman–Crippen MR) is 92.0 cm³/mol. The fourth-order valence-electron chi connectivity index (χ4n) is 2.60. The van der Waals surface area contributed by atoms with Gasteiger partial charge in [0.15, 0.2) is 5.78 Å². The highest BCUT2D eigenvalue weighted by molar-refractivity contribution is 6.08. The highest BCUT2D eigenvalue weighted by Gasteiger charge is 2.34. The van der Waals surface area contributed by atoms with Crippen LogP contribution in [0.5, 0.6) is 0 Å². The number of benzene rings is 1. The molecule has 7 nitrogen and oxygen atoms in total. The number of methoxy groups -OCH3 is 1. The van der Waals surface area contributed by atoms with Crippen molar-refractivity contribution in [3.8, 4) is 0 Å². The lowest BCUT2D eigenvalue weighted by Gasteiger charge is -2.15. The lowest BCUT2D eigenvalue weighted by atomic mass is 10.1. The van der Waals surface area contributed by atoms with Crippen LogP contribution in [0.3, 0.4) is 0 Å². The van der Waals surface area contributed by atoms with E-state index in [4.69, 9.17) is 9.84 Å². The Kier molecular flexibility index (Phi) is 6.30. The minimum absolute atomic E-state index is 0.0644. The SMILES string of the molecule is CCCC(=O)c1ccc(NC2=C(C(=O)OC)CN(CCO)C2=O)cc1. The summed E-state index contributed by atoms with van der Waals surface area (Å²) in [7, 11) is 1.25. The van der Waals surface area contributed by atoms with E-state index < -0.39 is 5.97 Å². The molecule has 0 bridgehead atoms. The van der Waals surface area contributed by atoms with Crippen LogP contribution in [0.25, 0.3) is 0 Å². The summed E-state index contributed by atoms with van der Waals surface area (Å²) in [6.45, 7) is 1.97. The van der Waals surface area contributed by atoms with Crippen LogP contribution in [-0.4, -0.2) is 54.5 Å². The fourth-order valence-corrected chi connectivity index (χ4v) is 2.60. The van der Waals surface area contributed by atoms with Crippen molar-refractivity contribution in [3.05, 3.63) is 41.1 Å². The zero-order valence-corrected chi connectivity index (χ0v) is 14.4. The molecule has 25 heavy (non-hydrogen) atoms. The van der Waals surface area contributed by atoms with Gasteiger partial charge in [-0.3, -0.25) is 9.59 Å². The van der Waals surface area contributed by atoms with Gasteiger partial charge in [-0.25, -0.2) is 4.79 Å². The van der Waals surface area contributed by atoms with Crippen molar-refractivity contribution in [2.75, 3.05) is 32.1 Å². The highest BCUT2D eigenvalue weighted by atomic mass is 16.5. The van der Waals surface area contributed by atoms with Gasteiger partial charge in [0.1, 0.15) is 5.70 Å². The molecule has 0 saturated heterocycles. The molecule has 0 unspecified atom stereocenters. The third-order valence-corrected chi connectivity index (χ3v) is 3.91. The van der Waals surface area contributed by atoms with Crippen molar-refractivity contribution in [1.82, 2.24) is 4.90 Å². The molecule has 0 aliphatic carbocycles. The number of ketones is 1. The molecular formula is C18H22N2O5. The molecule has 0 fully saturated rings. The number of nitrogens with zero attached hydrogens (tertiary/aromatic N) is 1. The molecule has 7 heteroatoms. The van der Waals surface area contributed by atoms with Gasteiger partial charge >= 0.3 is 5.97 Å². The van der Waals surface area contributed by atoms with Crippen molar-refractivity contribution in [3.63, 3.8) is 0 Å². The fraction of sp³-hybridized carbons (Fsp3) is 0.389. The maximum absolute atomic E-state index is 12.4. The Morgan fingerprint density at radius 2 is 1.96 bits per heavy atom. The van der Waals surface area contributed by atoms with Crippen molar-refractivity contribution >= 4 is 23.3 Å². The average molecular weight is 346 g/mol. The molecule has 0 aromatic heterocycles. The molecule has 2 rings (SSSR count). The van der Waals surface area contributed by atoms with Crippen LogP contribution in [0.2, 0.25) is 0 Å². The first-order valence-corrected chi connectivity index (χ1v) is 8.13. The van der Waals surface area contributed by atoms with Crippen molar-refractivity contribution < 1.29 is 24.2 Å². The topological polar surface area (TPSA) is 95.9 Å². The second-order valence-corrected chi connectivity index (χ2v) is 5.67. The lowest BCUT2D eigenvalue weighted by molar-refractivity contribution is -0.136. The van der Waals surface area contributed by atoms with E-state index in [0.717, 1.165) is 6.42 Å².